The van der Waals surface area contributed by atoms with E-state index >= 15 is 0 Å². The van der Waals surface area contributed by atoms with Crippen molar-refractivity contribution in [2.24, 2.45) is 0 Å². The minimum atomic E-state index is -0.434. The highest BCUT2D eigenvalue weighted by Gasteiger charge is 2.26. The van der Waals surface area contributed by atoms with Gasteiger partial charge in [-0.1, -0.05) is 30.3 Å². The van der Waals surface area contributed by atoms with Crippen molar-refractivity contribution in [1.29, 1.82) is 0 Å². The van der Waals surface area contributed by atoms with Gasteiger partial charge >= 0.3 is 5.97 Å². The van der Waals surface area contributed by atoms with E-state index in [4.69, 9.17) is 4.74 Å². The van der Waals surface area contributed by atoms with Crippen molar-refractivity contribution in [1.82, 2.24) is 9.55 Å². The number of benzene rings is 1. The van der Waals surface area contributed by atoms with Crippen LogP contribution in [-0.4, -0.2) is 21.3 Å². The van der Waals surface area contributed by atoms with Crippen molar-refractivity contribution in [2.45, 2.75) is 39.3 Å². The predicted octanol–water partition coefficient (Wildman–Crippen LogP) is 3.09. The fourth-order valence-electron chi connectivity index (χ4n) is 3.39. The second-order valence-corrected chi connectivity index (χ2v) is 7.55. The summed E-state index contributed by atoms with van der Waals surface area (Å²) in [5.74, 6) is 0.0312. The minimum absolute atomic E-state index is 0.0785. The first-order valence-electron chi connectivity index (χ1n) is 8.80. The molecule has 6 nitrogen and oxygen atoms in total. The van der Waals surface area contributed by atoms with Gasteiger partial charge in [0.25, 0.3) is 5.56 Å². The van der Waals surface area contributed by atoms with Crippen LogP contribution in [0.4, 0.5) is 0 Å². The Bertz CT molecular complexity index is 1100. The van der Waals surface area contributed by atoms with E-state index in [1.54, 1.807) is 4.57 Å². The number of carbonyl (C=O) groups excluding carboxylic acids is 2. The lowest BCUT2D eigenvalue weighted by Crippen LogP contribution is -2.27. The molecule has 138 valence electrons. The van der Waals surface area contributed by atoms with Crippen molar-refractivity contribution in [2.75, 3.05) is 0 Å². The van der Waals surface area contributed by atoms with Crippen LogP contribution >= 0.6 is 11.3 Å². The molecule has 1 aliphatic rings. The Balaban J connectivity index is 1.90. The SMILES string of the molecule is CC(=O)OCc1nc2sc3c(c2c(=O)n1Cc1ccccc1)CCCC3=O. The van der Waals surface area contributed by atoms with Gasteiger partial charge in [0.15, 0.2) is 11.6 Å². The number of ether oxygens (including phenoxy) is 1. The first-order valence-corrected chi connectivity index (χ1v) is 9.62. The smallest absolute Gasteiger partial charge is 0.303 e. The molecule has 0 radical (unpaired) electrons. The van der Waals surface area contributed by atoms with Crippen molar-refractivity contribution in [3.63, 3.8) is 0 Å². The molecule has 1 aliphatic carbocycles. The highest BCUT2D eigenvalue weighted by molar-refractivity contribution is 7.20. The van der Waals surface area contributed by atoms with Gasteiger partial charge in [-0.25, -0.2) is 4.98 Å². The molecule has 0 atom stereocenters. The molecule has 0 saturated heterocycles. The molecule has 0 spiro atoms. The van der Waals surface area contributed by atoms with E-state index in [-0.39, 0.29) is 17.9 Å². The van der Waals surface area contributed by atoms with Crippen molar-refractivity contribution >= 4 is 33.3 Å². The number of carbonyl (C=O) groups is 2. The highest BCUT2D eigenvalue weighted by Crippen LogP contribution is 2.33. The quantitative estimate of drug-likeness (QED) is 0.648. The van der Waals surface area contributed by atoms with Crippen LogP contribution in [0.5, 0.6) is 0 Å². The summed E-state index contributed by atoms with van der Waals surface area (Å²) in [6.45, 7) is 1.57. The van der Waals surface area contributed by atoms with Crippen LogP contribution in [0.15, 0.2) is 35.1 Å². The number of hydrogen-bond donors (Lipinski definition) is 0. The van der Waals surface area contributed by atoms with Gasteiger partial charge in [0.1, 0.15) is 11.4 Å². The van der Waals surface area contributed by atoms with Crippen LogP contribution in [0.25, 0.3) is 10.2 Å². The van der Waals surface area contributed by atoms with E-state index in [9.17, 15) is 14.4 Å². The largest absolute Gasteiger partial charge is 0.458 e. The Labute approximate surface area is 159 Å². The van der Waals surface area contributed by atoms with E-state index in [2.05, 4.69) is 4.98 Å². The first-order chi connectivity index (χ1) is 13.0. The molecule has 0 N–H and O–H groups in total. The molecule has 0 fully saturated rings. The normalized spacial score (nSPS) is 13.6. The first kappa shape index (κ1) is 17.6. The maximum Gasteiger partial charge on any atom is 0.303 e. The number of fused-ring (bicyclic) bond motifs is 3. The number of ketones is 1. The Kier molecular flexibility index (Phi) is 4.61. The van der Waals surface area contributed by atoms with Gasteiger partial charge < -0.3 is 4.74 Å². The second-order valence-electron chi connectivity index (χ2n) is 6.55. The van der Waals surface area contributed by atoms with E-state index in [1.165, 1.54) is 18.3 Å². The van der Waals surface area contributed by atoms with Gasteiger partial charge in [-0.05, 0) is 24.0 Å². The number of nitrogens with zero attached hydrogens (tertiary/aromatic N) is 2. The molecule has 2 heterocycles. The number of aromatic nitrogens is 2. The van der Waals surface area contributed by atoms with Gasteiger partial charge in [-0.2, -0.15) is 0 Å². The molecule has 4 rings (SSSR count). The van der Waals surface area contributed by atoms with E-state index in [1.807, 2.05) is 30.3 Å². The third kappa shape index (κ3) is 3.30. The lowest BCUT2D eigenvalue weighted by Gasteiger charge is -2.13. The summed E-state index contributed by atoms with van der Waals surface area (Å²) in [4.78, 5) is 42.6. The van der Waals surface area contributed by atoms with Crippen LogP contribution < -0.4 is 5.56 Å². The second kappa shape index (κ2) is 7.08. The molecule has 2 aromatic heterocycles. The molecule has 0 unspecified atom stereocenters. The molecule has 0 aliphatic heterocycles. The van der Waals surface area contributed by atoms with Crippen LogP contribution in [0.3, 0.4) is 0 Å². The summed E-state index contributed by atoms with van der Waals surface area (Å²) in [7, 11) is 0. The van der Waals surface area contributed by atoms with Gasteiger partial charge in [-0.3, -0.25) is 19.0 Å². The van der Waals surface area contributed by atoms with Gasteiger partial charge in [0.05, 0.1) is 16.8 Å². The Morgan fingerprint density at radius 3 is 2.74 bits per heavy atom. The van der Waals surface area contributed by atoms with Crippen LogP contribution in [-0.2, 0) is 29.1 Å². The molecule has 0 saturated carbocycles. The highest BCUT2D eigenvalue weighted by atomic mass is 32.1. The fourth-order valence-corrected chi connectivity index (χ4v) is 4.59. The minimum Gasteiger partial charge on any atom is -0.458 e. The third-order valence-electron chi connectivity index (χ3n) is 4.66. The van der Waals surface area contributed by atoms with E-state index in [0.29, 0.717) is 40.3 Å². The summed E-state index contributed by atoms with van der Waals surface area (Å²) in [5.41, 5.74) is 1.59. The molecule has 0 bridgehead atoms. The zero-order chi connectivity index (χ0) is 19.0. The number of thiophene rings is 1. The van der Waals surface area contributed by atoms with Gasteiger partial charge in [-0.15, -0.1) is 11.3 Å². The number of hydrogen-bond acceptors (Lipinski definition) is 6. The standard InChI is InChI=1S/C20H18N2O4S/c1-12(23)26-11-16-21-19-17(14-8-5-9-15(24)18(14)27-19)20(25)22(16)10-13-6-3-2-4-7-13/h2-4,6-7H,5,8-11H2,1H3. The number of rotatable bonds is 4. The van der Waals surface area contributed by atoms with Crippen LogP contribution in [0.1, 0.15) is 46.4 Å². The summed E-state index contributed by atoms with van der Waals surface area (Å²) >= 11 is 1.27. The molecular formula is C20H18N2O4S. The zero-order valence-corrected chi connectivity index (χ0v) is 15.7. The lowest BCUT2D eigenvalue weighted by molar-refractivity contribution is -0.142. The van der Waals surface area contributed by atoms with Gasteiger partial charge in [0.2, 0.25) is 0 Å². The molecule has 1 aromatic carbocycles. The predicted molar refractivity (Wildman–Crippen MR) is 102 cm³/mol. The lowest BCUT2D eigenvalue weighted by atomic mass is 9.96. The Morgan fingerprint density at radius 1 is 1.22 bits per heavy atom. The molecule has 0 amide bonds. The fraction of sp³-hybridized carbons (Fsp3) is 0.300. The summed E-state index contributed by atoms with van der Waals surface area (Å²) in [6.07, 6.45) is 1.98. The molecule has 27 heavy (non-hydrogen) atoms. The summed E-state index contributed by atoms with van der Waals surface area (Å²) in [5, 5.41) is 0.533. The number of Topliss-reactive ketones (excluding diaryl/α,β-unsaturated/α-hetero) is 1. The Hall–Kier alpha value is -2.80. The van der Waals surface area contributed by atoms with Crippen molar-refractivity contribution in [3.8, 4) is 0 Å². The molecular weight excluding hydrogens is 364 g/mol. The number of aryl methyl sites for hydroxylation is 1. The van der Waals surface area contributed by atoms with Gasteiger partial charge in [0, 0.05) is 13.3 Å². The Morgan fingerprint density at radius 2 is 2.00 bits per heavy atom. The average molecular weight is 382 g/mol. The van der Waals surface area contributed by atoms with Crippen LogP contribution in [0, 0.1) is 0 Å². The summed E-state index contributed by atoms with van der Waals surface area (Å²) < 4.78 is 6.66. The number of esters is 1. The molecule has 3 aromatic rings. The summed E-state index contributed by atoms with van der Waals surface area (Å²) in [6, 6.07) is 9.58. The zero-order valence-electron chi connectivity index (χ0n) is 14.9. The van der Waals surface area contributed by atoms with E-state index in [0.717, 1.165) is 17.5 Å². The maximum absolute atomic E-state index is 13.3. The maximum atomic E-state index is 13.3. The average Bonchev–Trinajstić information content (AvgIpc) is 3.03. The molecule has 7 heteroatoms. The van der Waals surface area contributed by atoms with Crippen molar-refractivity contribution in [3.05, 3.63) is 62.5 Å². The monoisotopic (exact) mass is 382 g/mol. The van der Waals surface area contributed by atoms with E-state index < -0.39 is 5.97 Å². The van der Waals surface area contributed by atoms with Crippen molar-refractivity contribution < 1.29 is 14.3 Å². The van der Waals surface area contributed by atoms with Crippen LogP contribution in [0.2, 0.25) is 0 Å². The third-order valence-corrected chi connectivity index (χ3v) is 5.83. The topological polar surface area (TPSA) is 78.3 Å².